The number of nitrogens with two attached hydrogens (primary N) is 1. The van der Waals surface area contributed by atoms with Crippen LogP contribution in [0.15, 0.2) is 0 Å². The smallest absolute Gasteiger partial charge is 0.325 e. The van der Waals surface area contributed by atoms with Gasteiger partial charge in [0.25, 0.3) is 0 Å². The van der Waals surface area contributed by atoms with Crippen molar-refractivity contribution in [1.29, 1.82) is 0 Å². The summed E-state index contributed by atoms with van der Waals surface area (Å²) in [6.07, 6.45) is 2.02. The lowest BCUT2D eigenvalue weighted by molar-refractivity contribution is -0.141. The lowest BCUT2D eigenvalue weighted by Gasteiger charge is -2.09. The fourth-order valence-electron chi connectivity index (χ4n) is 1.03. The first kappa shape index (κ1) is 12.9. The van der Waals surface area contributed by atoms with E-state index in [0.717, 1.165) is 12.8 Å². The monoisotopic (exact) mass is 202 g/mol. The minimum atomic E-state index is -0.456. The molecule has 1 amide bonds. The molecule has 0 bridgehead atoms. The molecule has 0 saturated heterocycles. The van der Waals surface area contributed by atoms with Gasteiger partial charge in [-0.2, -0.15) is 0 Å². The molecule has 0 radical (unpaired) electrons. The summed E-state index contributed by atoms with van der Waals surface area (Å²) in [6.45, 7) is 1.92. The van der Waals surface area contributed by atoms with E-state index in [1.807, 2.05) is 6.92 Å². The maximum absolute atomic E-state index is 11.1. The molecule has 5 nitrogen and oxygen atoms in total. The van der Waals surface area contributed by atoms with Gasteiger partial charge in [-0.05, 0) is 6.42 Å². The van der Waals surface area contributed by atoms with Gasteiger partial charge in [0.05, 0.1) is 7.11 Å². The average molecular weight is 202 g/mol. The minimum Gasteiger partial charge on any atom is -0.468 e. The highest BCUT2D eigenvalue weighted by Gasteiger charge is 2.09. The number of amides is 1. The van der Waals surface area contributed by atoms with Gasteiger partial charge < -0.3 is 15.8 Å². The second-order valence-corrected chi connectivity index (χ2v) is 3.11. The lowest BCUT2D eigenvalue weighted by atomic mass is 10.1. The van der Waals surface area contributed by atoms with Crippen molar-refractivity contribution < 1.29 is 14.3 Å². The van der Waals surface area contributed by atoms with Crippen LogP contribution >= 0.6 is 0 Å². The van der Waals surface area contributed by atoms with Crippen molar-refractivity contribution in [3.63, 3.8) is 0 Å². The van der Waals surface area contributed by atoms with E-state index in [1.165, 1.54) is 7.11 Å². The average Bonchev–Trinajstić information content (AvgIpc) is 2.14. The molecule has 0 aromatic carbocycles. The van der Waals surface area contributed by atoms with E-state index in [4.69, 9.17) is 5.73 Å². The van der Waals surface area contributed by atoms with E-state index in [-0.39, 0.29) is 24.9 Å². The van der Waals surface area contributed by atoms with Crippen LogP contribution in [0.5, 0.6) is 0 Å². The van der Waals surface area contributed by atoms with E-state index in [9.17, 15) is 9.59 Å². The van der Waals surface area contributed by atoms with Crippen LogP contribution in [0.3, 0.4) is 0 Å². The summed E-state index contributed by atoms with van der Waals surface area (Å²) in [6, 6.07) is -0.127. The number of esters is 1. The Hall–Kier alpha value is -1.10. The Morgan fingerprint density at radius 2 is 2.14 bits per heavy atom. The van der Waals surface area contributed by atoms with Gasteiger partial charge in [0, 0.05) is 12.5 Å². The van der Waals surface area contributed by atoms with Crippen molar-refractivity contribution in [3.8, 4) is 0 Å². The number of carbonyl (C=O) groups is 2. The van der Waals surface area contributed by atoms with E-state index < -0.39 is 5.97 Å². The molecule has 82 valence electrons. The number of methoxy groups -OCH3 is 1. The Morgan fingerprint density at radius 1 is 1.50 bits per heavy atom. The van der Waals surface area contributed by atoms with Crippen LogP contribution in [0.1, 0.15) is 26.2 Å². The highest BCUT2D eigenvalue weighted by molar-refractivity contribution is 5.82. The number of ether oxygens (including phenoxy) is 1. The van der Waals surface area contributed by atoms with Crippen LogP contribution in [-0.2, 0) is 14.3 Å². The van der Waals surface area contributed by atoms with Gasteiger partial charge >= 0.3 is 5.97 Å². The Kier molecular flexibility index (Phi) is 6.74. The predicted octanol–water partition coefficient (Wildman–Crippen LogP) is -0.207. The molecule has 14 heavy (non-hydrogen) atoms. The normalized spacial score (nSPS) is 11.9. The zero-order valence-electron chi connectivity index (χ0n) is 8.71. The first-order chi connectivity index (χ1) is 6.60. The molecule has 0 heterocycles. The van der Waals surface area contributed by atoms with Gasteiger partial charge in [0.1, 0.15) is 6.54 Å². The summed E-state index contributed by atoms with van der Waals surface area (Å²) < 4.78 is 4.37. The largest absolute Gasteiger partial charge is 0.468 e. The quantitative estimate of drug-likeness (QED) is 0.584. The summed E-state index contributed by atoms with van der Waals surface area (Å²) in [5.41, 5.74) is 5.65. The van der Waals surface area contributed by atoms with Gasteiger partial charge in [0.2, 0.25) is 5.91 Å². The molecule has 0 rings (SSSR count). The molecule has 0 aliphatic rings. The van der Waals surface area contributed by atoms with Gasteiger partial charge in [-0.3, -0.25) is 9.59 Å². The zero-order valence-corrected chi connectivity index (χ0v) is 8.71. The third kappa shape index (κ3) is 6.42. The third-order valence-corrected chi connectivity index (χ3v) is 1.76. The molecule has 0 saturated carbocycles. The van der Waals surface area contributed by atoms with E-state index in [0.29, 0.717) is 0 Å². The number of carbonyl (C=O) groups excluding carboxylic acids is 2. The maximum atomic E-state index is 11.1. The standard InChI is InChI=1S/C9H18N2O3/c1-3-4-7(10)5-8(12)11-6-9(13)14-2/h7H,3-6,10H2,1-2H3,(H,11,12). The summed E-state index contributed by atoms with van der Waals surface area (Å²) >= 11 is 0. The number of hydrogen-bond donors (Lipinski definition) is 2. The SMILES string of the molecule is CCCC(N)CC(=O)NCC(=O)OC. The topological polar surface area (TPSA) is 81.4 Å². The van der Waals surface area contributed by atoms with Crippen molar-refractivity contribution in [2.45, 2.75) is 32.2 Å². The molecule has 0 aliphatic carbocycles. The molecule has 0 spiro atoms. The van der Waals surface area contributed by atoms with Crippen LogP contribution < -0.4 is 11.1 Å². The molecule has 1 unspecified atom stereocenters. The summed E-state index contributed by atoms with van der Waals surface area (Å²) in [4.78, 5) is 21.8. The van der Waals surface area contributed by atoms with E-state index in [1.54, 1.807) is 0 Å². The summed E-state index contributed by atoms with van der Waals surface area (Å²) in [7, 11) is 1.28. The van der Waals surface area contributed by atoms with Crippen molar-refractivity contribution in [2.24, 2.45) is 5.73 Å². The van der Waals surface area contributed by atoms with Gasteiger partial charge in [0.15, 0.2) is 0 Å². The second-order valence-electron chi connectivity index (χ2n) is 3.11. The lowest BCUT2D eigenvalue weighted by Crippen LogP contribution is -2.34. The fraction of sp³-hybridized carbons (Fsp3) is 0.778. The summed E-state index contributed by atoms with van der Waals surface area (Å²) in [5.74, 6) is -0.668. The van der Waals surface area contributed by atoms with Crippen LogP contribution in [0.4, 0.5) is 0 Å². The molecule has 0 fully saturated rings. The maximum Gasteiger partial charge on any atom is 0.325 e. The molecule has 3 N–H and O–H groups in total. The van der Waals surface area contributed by atoms with Crippen molar-refractivity contribution >= 4 is 11.9 Å². The Morgan fingerprint density at radius 3 is 2.64 bits per heavy atom. The number of nitrogens with one attached hydrogen (secondary N) is 1. The van der Waals surface area contributed by atoms with Gasteiger partial charge in [-0.1, -0.05) is 13.3 Å². The molecule has 0 aromatic rings. The number of rotatable bonds is 6. The van der Waals surface area contributed by atoms with Gasteiger partial charge in [-0.15, -0.1) is 0 Å². The summed E-state index contributed by atoms with van der Waals surface area (Å²) in [5, 5.41) is 2.43. The van der Waals surface area contributed by atoms with E-state index in [2.05, 4.69) is 10.1 Å². The van der Waals surface area contributed by atoms with Crippen LogP contribution in [-0.4, -0.2) is 31.6 Å². The van der Waals surface area contributed by atoms with Gasteiger partial charge in [-0.25, -0.2) is 0 Å². The molecule has 0 aromatic heterocycles. The highest BCUT2D eigenvalue weighted by atomic mass is 16.5. The van der Waals surface area contributed by atoms with E-state index >= 15 is 0 Å². The fourth-order valence-corrected chi connectivity index (χ4v) is 1.03. The Labute approximate surface area is 84.0 Å². The Bertz CT molecular complexity index is 194. The van der Waals surface area contributed by atoms with Crippen molar-refractivity contribution in [1.82, 2.24) is 5.32 Å². The third-order valence-electron chi connectivity index (χ3n) is 1.76. The highest BCUT2D eigenvalue weighted by Crippen LogP contribution is 1.97. The molecular formula is C9H18N2O3. The van der Waals surface area contributed by atoms with Crippen molar-refractivity contribution in [2.75, 3.05) is 13.7 Å². The molecular weight excluding hydrogens is 184 g/mol. The van der Waals surface area contributed by atoms with Crippen LogP contribution in [0, 0.1) is 0 Å². The van der Waals surface area contributed by atoms with Crippen LogP contribution in [0.25, 0.3) is 0 Å². The zero-order chi connectivity index (χ0) is 11.0. The Balaban J connectivity index is 3.59. The van der Waals surface area contributed by atoms with Crippen molar-refractivity contribution in [3.05, 3.63) is 0 Å². The first-order valence-corrected chi connectivity index (χ1v) is 4.69. The molecule has 5 heteroatoms. The minimum absolute atomic E-state index is 0.0891. The second kappa shape index (κ2) is 7.32. The number of hydrogen-bond acceptors (Lipinski definition) is 4. The molecule has 1 atom stereocenters. The van der Waals surface area contributed by atoms with Crippen LogP contribution in [0.2, 0.25) is 0 Å². The predicted molar refractivity (Wildman–Crippen MR) is 52.5 cm³/mol. The first-order valence-electron chi connectivity index (χ1n) is 4.69. The molecule has 0 aliphatic heterocycles.